The van der Waals surface area contributed by atoms with Crippen molar-refractivity contribution in [3.8, 4) is 0 Å². The van der Waals surface area contributed by atoms with Crippen molar-refractivity contribution >= 4 is 0 Å². The molecule has 0 radical (unpaired) electrons. The molecule has 1 aliphatic carbocycles. The Balaban J connectivity index is 2.42. The second-order valence-electron chi connectivity index (χ2n) is 2.75. The van der Waals surface area contributed by atoms with Gasteiger partial charge in [0.05, 0.1) is 5.92 Å². The van der Waals surface area contributed by atoms with Gasteiger partial charge < -0.3 is 0 Å². The van der Waals surface area contributed by atoms with Gasteiger partial charge in [0.2, 0.25) is 0 Å². The highest BCUT2D eigenvalue weighted by atomic mass is 19.4. The molecule has 3 atom stereocenters. The van der Waals surface area contributed by atoms with E-state index >= 15 is 0 Å². The van der Waals surface area contributed by atoms with E-state index in [1.54, 1.807) is 0 Å². The van der Waals surface area contributed by atoms with Crippen molar-refractivity contribution in [2.75, 3.05) is 0 Å². The van der Waals surface area contributed by atoms with Gasteiger partial charge >= 0.3 is 6.18 Å². The van der Waals surface area contributed by atoms with Crippen LogP contribution in [-0.4, -0.2) is 12.3 Å². The molecule has 10 heavy (non-hydrogen) atoms. The van der Waals surface area contributed by atoms with E-state index in [9.17, 15) is 17.6 Å². The maximum absolute atomic E-state index is 12.1. The predicted octanol–water partition coefficient (Wildman–Crippen LogP) is 2.54. The number of rotatable bonds is 1. The molecule has 0 aromatic carbocycles. The summed E-state index contributed by atoms with van der Waals surface area (Å²) in [6, 6.07) is 0. The van der Waals surface area contributed by atoms with Gasteiger partial charge in [-0.1, -0.05) is 6.92 Å². The minimum absolute atomic E-state index is 0.0840. The zero-order valence-electron chi connectivity index (χ0n) is 5.45. The van der Waals surface area contributed by atoms with Crippen molar-refractivity contribution in [1.82, 2.24) is 0 Å². The third-order valence-electron chi connectivity index (χ3n) is 1.92. The zero-order valence-corrected chi connectivity index (χ0v) is 5.45. The topological polar surface area (TPSA) is 0 Å². The van der Waals surface area contributed by atoms with Crippen LogP contribution in [-0.2, 0) is 0 Å². The molecule has 0 aliphatic heterocycles. The minimum atomic E-state index is -4.22. The number of hydrogen-bond donors (Lipinski definition) is 0. The van der Waals surface area contributed by atoms with Gasteiger partial charge in [-0.3, -0.25) is 0 Å². The monoisotopic (exact) mass is 156 g/mol. The Kier molecular flexibility index (Phi) is 1.65. The third-order valence-corrected chi connectivity index (χ3v) is 1.92. The lowest BCUT2D eigenvalue weighted by Gasteiger charge is -2.13. The summed E-state index contributed by atoms with van der Waals surface area (Å²) in [7, 11) is 0. The van der Waals surface area contributed by atoms with E-state index in [1.165, 1.54) is 0 Å². The number of halogens is 4. The maximum Gasteiger partial charge on any atom is 0.391 e. The summed E-state index contributed by atoms with van der Waals surface area (Å²) in [5, 5.41) is 0. The fourth-order valence-corrected chi connectivity index (χ4v) is 0.942. The van der Waals surface area contributed by atoms with Crippen LogP contribution in [0.25, 0.3) is 0 Å². The molecule has 0 bridgehead atoms. The van der Waals surface area contributed by atoms with Crippen LogP contribution in [0.5, 0.6) is 0 Å². The predicted molar refractivity (Wildman–Crippen MR) is 28.2 cm³/mol. The van der Waals surface area contributed by atoms with Gasteiger partial charge in [0.25, 0.3) is 0 Å². The summed E-state index contributed by atoms with van der Waals surface area (Å²) in [4.78, 5) is 0. The normalized spacial score (nSPS) is 35.7. The molecule has 0 amide bonds. The van der Waals surface area contributed by atoms with E-state index in [-0.39, 0.29) is 6.42 Å². The second kappa shape index (κ2) is 2.10. The Morgan fingerprint density at radius 2 is 1.80 bits per heavy atom. The number of alkyl halides is 4. The average molecular weight is 156 g/mol. The van der Waals surface area contributed by atoms with Gasteiger partial charge in [-0.25, -0.2) is 4.39 Å². The Bertz CT molecular complexity index is 128. The van der Waals surface area contributed by atoms with E-state index in [2.05, 4.69) is 0 Å². The highest BCUT2D eigenvalue weighted by Crippen LogP contribution is 2.46. The average Bonchev–Trinajstić information content (AvgIpc) is 2.42. The summed E-state index contributed by atoms with van der Waals surface area (Å²) < 4.78 is 47.3. The first-order chi connectivity index (χ1) is 4.43. The van der Waals surface area contributed by atoms with Gasteiger partial charge in [0.15, 0.2) is 0 Å². The van der Waals surface area contributed by atoms with Gasteiger partial charge in [-0.15, -0.1) is 0 Å². The first-order valence-electron chi connectivity index (χ1n) is 3.13. The second-order valence-corrected chi connectivity index (χ2v) is 2.75. The Hall–Kier alpha value is -0.280. The van der Waals surface area contributed by atoms with Crippen LogP contribution >= 0.6 is 0 Å². The van der Waals surface area contributed by atoms with Crippen LogP contribution in [0.3, 0.4) is 0 Å². The van der Waals surface area contributed by atoms with Crippen LogP contribution in [0.15, 0.2) is 0 Å². The summed E-state index contributed by atoms with van der Waals surface area (Å²) in [6.45, 7) is 1.03. The third kappa shape index (κ3) is 1.41. The lowest BCUT2D eigenvalue weighted by Crippen LogP contribution is -2.22. The molecule has 1 saturated carbocycles. The quantitative estimate of drug-likeness (QED) is 0.512. The van der Waals surface area contributed by atoms with E-state index in [0.717, 1.165) is 6.92 Å². The first-order valence-corrected chi connectivity index (χ1v) is 3.13. The van der Waals surface area contributed by atoms with Crippen molar-refractivity contribution < 1.29 is 17.6 Å². The van der Waals surface area contributed by atoms with Crippen LogP contribution in [0.1, 0.15) is 13.3 Å². The largest absolute Gasteiger partial charge is 0.391 e. The first kappa shape index (κ1) is 7.82. The van der Waals surface area contributed by atoms with Crippen LogP contribution < -0.4 is 0 Å². The molecule has 0 saturated heterocycles. The molecular formula is C6H8F4. The van der Waals surface area contributed by atoms with E-state index in [4.69, 9.17) is 0 Å². The highest BCUT2D eigenvalue weighted by molar-refractivity contribution is 4.92. The molecule has 0 N–H and O–H groups in total. The molecule has 0 spiro atoms. The summed E-state index contributed by atoms with van der Waals surface area (Å²) in [5.41, 5.74) is 0. The molecule has 0 aromatic rings. The maximum atomic E-state index is 12.1. The minimum Gasteiger partial charge on any atom is -0.247 e. The molecule has 1 rings (SSSR count). The standard InChI is InChI=1S/C6H8F4/c1-3(6(8,9)10)4-2-5(4)7/h3-5H,2H2,1H3. The smallest absolute Gasteiger partial charge is 0.247 e. The molecule has 4 heteroatoms. The van der Waals surface area contributed by atoms with Crippen molar-refractivity contribution in [1.29, 1.82) is 0 Å². The summed E-state index contributed by atoms with van der Waals surface area (Å²) in [5.74, 6) is -2.23. The lowest BCUT2D eigenvalue weighted by atomic mass is 10.1. The molecule has 0 aromatic heterocycles. The fraction of sp³-hybridized carbons (Fsp3) is 1.00. The molecule has 0 nitrogen and oxygen atoms in total. The molecule has 60 valence electrons. The fourth-order valence-electron chi connectivity index (χ4n) is 0.942. The van der Waals surface area contributed by atoms with Crippen molar-refractivity contribution in [3.05, 3.63) is 0 Å². The van der Waals surface area contributed by atoms with E-state index < -0.39 is 24.2 Å². The Labute approximate surface area is 56.2 Å². The van der Waals surface area contributed by atoms with Gasteiger partial charge in [-0.05, 0) is 6.42 Å². The molecule has 0 heterocycles. The molecule has 3 unspecified atom stereocenters. The molecule has 1 fully saturated rings. The van der Waals surface area contributed by atoms with Gasteiger partial charge in [-0.2, -0.15) is 13.2 Å². The van der Waals surface area contributed by atoms with Gasteiger partial charge in [0.1, 0.15) is 6.17 Å². The SMILES string of the molecule is CC(C1CC1F)C(F)(F)F. The van der Waals surface area contributed by atoms with Crippen molar-refractivity contribution in [2.45, 2.75) is 25.7 Å². The van der Waals surface area contributed by atoms with Crippen LogP contribution in [0.2, 0.25) is 0 Å². The number of hydrogen-bond acceptors (Lipinski definition) is 0. The van der Waals surface area contributed by atoms with Crippen LogP contribution in [0, 0.1) is 11.8 Å². The Morgan fingerprint density at radius 1 is 1.40 bits per heavy atom. The zero-order chi connectivity index (χ0) is 7.94. The van der Waals surface area contributed by atoms with Crippen molar-refractivity contribution in [3.63, 3.8) is 0 Å². The molecular weight excluding hydrogens is 148 g/mol. The lowest BCUT2D eigenvalue weighted by molar-refractivity contribution is -0.176. The Morgan fingerprint density at radius 3 is 1.90 bits per heavy atom. The van der Waals surface area contributed by atoms with Crippen molar-refractivity contribution in [2.24, 2.45) is 11.8 Å². The van der Waals surface area contributed by atoms with Crippen LogP contribution in [0.4, 0.5) is 17.6 Å². The summed E-state index contributed by atoms with van der Waals surface area (Å²) >= 11 is 0. The van der Waals surface area contributed by atoms with E-state index in [1.807, 2.05) is 0 Å². The van der Waals surface area contributed by atoms with Gasteiger partial charge in [0, 0.05) is 5.92 Å². The highest BCUT2D eigenvalue weighted by Gasteiger charge is 2.52. The molecule has 1 aliphatic rings. The van der Waals surface area contributed by atoms with E-state index in [0.29, 0.717) is 0 Å². The summed E-state index contributed by atoms with van der Waals surface area (Å²) in [6.07, 6.45) is -5.34.